The second-order valence-electron chi connectivity index (χ2n) is 5.33. The van der Waals surface area contributed by atoms with Crippen LogP contribution in [-0.2, 0) is 9.53 Å². The molecule has 0 rings (SSSR count). The lowest BCUT2D eigenvalue weighted by molar-refractivity contribution is -0.122. The van der Waals surface area contributed by atoms with E-state index in [0.717, 1.165) is 26.1 Å². The molecule has 0 saturated heterocycles. The molecule has 0 bridgehead atoms. The summed E-state index contributed by atoms with van der Waals surface area (Å²) in [5, 5.41) is 2.91. The summed E-state index contributed by atoms with van der Waals surface area (Å²) in [6.45, 7) is 10.0. The van der Waals surface area contributed by atoms with E-state index in [1.807, 2.05) is 6.92 Å². The number of hydrogen-bond donors (Lipinski definition) is 2. The largest absolute Gasteiger partial charge is 0.383 e. The van der Waals surface area contributed by atoms with Crippen molar-refractivity contribution in [3.8, 4) is 0 Å². The first-order valence-corrected chi connectivity index (χ1v) is 7.24. The standard InChI is InChI=1S/C14H31N3O2/c1-5-6-16-14(18)9-13(10-15)17(7-8-19-4)11-12(2)3/h12-13H,5-11,15H2,1-4H3,(H,16,18). The molecule has 3 N–H and O–H groups in total. The van der Waals surface area contributed by atoms with Crippen LogP contribution in [0.4, 0.5) is 0 Å². The molecule has 0 saturated carbocycles. The lowest BCUT2D eigenvalue weighted by atomic mass is 10.1. The molecule has 5 heteroatoms. The molecular weight excluding hydrogens is 242 g/mol. The molecule has 0 aromatic carbocycles. The van der Waals surface area contributed by atoms with Crippen molar-refractivity contribution in [1.29, 1.82) is 0 Å². The van der Waals surface area contributed by atoms with Crippen LogP contribution in [0.5, 0.6) is 0 Å². The predicted molar refractivity (Wildman–Crippen MR) is 79.0 cm³/mol. The van der Waals surface area contributed by atoms with Crippen LogP contribution in [0.3, 0.4) is 0 Å². The fourth-order valence-electron chi connectivity index (χ4n) is 2.01. The monoisotopic (exact) mass is 273 g/mol. The third-order valence-corrected chi connectivity index (χ3v) is 2.96. The highest BCUT2D eigenvalue weighted by Crippen LogP contribution is 2.07. The van der Waals surface area contributed by atoms with Gasteiger partial charge in [-0.05, 0) is 12.3 Å². The van der Waals surface area contributed by atoms with Crippen molar-refractivity contribution < 1.29 is 9.53 Å². The van der Waals surface area contributed by atoms with Crippen LogP contribution < -0.4 is 11.1 Å². The molecule has 114 valence electrons. The van der Waals surface area contributed by atoms with Crippen LogP contribution in [0.1, 0.15) is 33.6 Å². The maximum atomic E-state index is 11.8. The number of nitrogens with one attached hydrogen (secondary N) is 1. The van der Waals surface area contributed by atoms with Gasteiger partial charge in [0.25, 0.3) is 0 Å². The summed E-state index contributed by atoms with van der Waals surface area (Å²) in [6.07, 6.45) is 1.42. The van der Waals surface area contributed by atoms with Gasteiger partial charge in [-0.1, -0.05) is 20.8 Å². The van der Waals surface area contributed by atoms with Crippen molar-refractivity contribution in [3.05, 3.63) is 0 Å². The summed E-state index contributed by atoms with van der Waals surface area (Å²) >= 11 is 0. The number of amides is 1. The Morgan fingerprint density at radius 3 is 2.58 bits per heavy atom. The molecule has 1 amide bonds. The number of hydrogen-bond acceptors (Lipinski definition) is 4. The van der Waals surface area contributed by atoms with Crippen LogP contribution in [-0.4, -0.2) is 56.7 Å². The Labute approximate surface area is 117 Å². The molecule has 1 unspecified atom stereocenters. The second-order valence-corrected chi connectivity index (χ2v) is 5.33. The zero-order valence-corrected chi connectivity index (χ0v) is 12.9. The minimum absolute atomic E-state index is 0.0865. The normalized spacial score (nSPS) is 13.0. The maximum Gasteiger partial charge on any atom is 0.221 e. The van der Waals surface area contributed by atoms with Crippen molar-refractivity contribution in [2.24, 2.45) is 11.7 Å². The summed E-state index contributed by atoms with van der Waals surface area (Å²) < 4.78 is 5.14. The molecular formula is C14H31N3O2. The first-order chi connectivity index (χ1) is 9.04. The van der Waals surface area contributed by atoms with E-state index in [9.17, 15) is 4.79 Å². The topological polar surface area (TPSA) is 67.6 Å². The fraction of sp³-hybridized carbons (Fsp3) is 0.929. The highest BCUT2D eigenvalue weighted by molar-refractivity contribution is 5.76. The third kappa shape index (κ3) is 8.97. The molecule has 5 nitrogen and oxygen atoms in total. The number of ether oxygens (including phenoxy) is 1. The summed E-state index contributed by atoms with van der Waals surface area (Å²) in [5.74, 6) is 0.632. The summed E-state index contributed by atoms with van der Waals surface area (Å²) in [5.41, 5.74) is 5.84. The number of nitrogens with two attached hydrogens (primary N) is 1. The smallest absolute Gasteiger partial charge is 0.221 e. The number of carbonyl (C=O) groups is 1. The van der Waals surface area contributed by atoms with Gasteiger partial charge in [0.2, 0.25) is 5.91 Å². The molecule has 0 aliphatic carbocycles. The first kappa shape index (κ1) is 18.4. The minimum Gasteiger partial charge on any atom is -0.383 e. The molecule has 0 aromatic rings. The molecule has 0 aliphatic rings. The molecule has 19 heavy (non-hydrogen) atoms. The molecule has 1 atom stereocenters. The Kier molecular flexibility index (Phi) is 10.8. The van der Waals surface area contributed by atoms with E-state index < -0.39 is 0 Å². The summed E-state index contributed by atoms with van der Waals surface area (Å²) in [6, 6.07) is 0.0920. The summed E-state index contributed by atoms with van der Waals surface area (Å²) in [4.78, 5) is 14.1. The Bertz CT molecular complexity index is 235. The highest BCUT2D eigenvalue weighted by Gasteiger charge is 2.20. The van der Waals surface area contributed by atoms with Gasteiger partial charge in [0.15, 0.2) is 0 Å². The SMILES string of the molecule is CCCNC(=O)CC(CN)N(CCOC)CC(C)C. The van der Waals surface area contributed by atoms with E-state index in [2.05, 4.69) is 24.1 Å². The maximum absolute atomic E-state index is 11.8. The number of nitrogens with zero attached hydrogens (tertiary/aromatic N) is 1. The van der Waals surface area contributed by atoms with Gasteiger partial charge in [-0.15, -0.1) is 0 Å². The van der Waals surface area contributed by atoms with E-state index in [-0.39, 0.29) is 11.9 Å². The van der Waals surface area contributed by atoms with Crippen molar-refractivity contribution in [3.63, 3.8) is 0 Å². The van der Waals surface area contributed by atoms with Gasteiger partial charge in [-0.25, -0.2) is 0 Å². The van der Waals surface area contributed by atoms with E-state index in [0.29, 0.717) is 25.5 Å². The first-order valence-electron chi connectivity index (χ1n) is 7.24. The highest BCUT2D eigenvalue weighted by atomic mass is 16.5. The van der Waals surface area contributed by atoms with Crippen molar-refractivity contribution in [1.82, 2.24) is 10.2 Å². The third-order valence-electron chi connectivity index (χ3n) is 2.96. The Morgan fingerprint density at radius 1 is 1.42 bits per heavy atom. The van der Waals surface area contributed by atoms with E-state index >= 15 is 0 Å². The molecule has 0 radical (unpaired) electrons. The molecule has 0 fully saturated rings. The Balaban J connectivity index is 4.40. The lowest BCUT2D eigenvalue weighted by Gasteiger charge is -2.31. The second kappa shape index (κ2) is 11.2. The fourth-order valence-corrected chi connectivity index (χ4v) is 2.01. The van der Waals surface area contributed by atoms with E-state index in [4.69, 9.17) is 10.5 Å². The van der Waals surface area contributed by atoms with Crippen molar-refractivity contribution in [2.75, 3.05) is 39.9 Å². The van der Waals surface area contributed by atoms with Gasteiger partial charge in [0.05, 0.1) is 6.61 Å². The summed E-state index contributed by atoms with van der Waals surface area (Å²) in [7, 11) is 1.69. The molecule has 0 aromatic heterocycles. The minimum atomic E-state index is 0.0865. The zero-order chi connectivity index (χ0) is 14.7. The van der Waals surface area contributed by atoms with Crippen LogP contribution in [0.2, 0.25) is 0 Å². The van der Waals surface area contributed by atoms with Gasteiger partial charge < -0.3 is 15.8 Å². The van der Waals surface area contributed by atoms with Crippen LogP contribution in [0.25, 0.3) is 0 Å². The Morgan fingerprint density at radius 2 is 2.11 bits per heavy atom. The van der Waals surface area contributed by atoms with Crippen molar-refractivity contribution in [2.45, 2.75) is 39.7 Å². The molecule has 0 spiro atoms. The molecule has 0 aliphatic heterocycles. The van der Waals surface area contributed by atoms with Gasteiger partial charge in [0.1, 0.15) is 0 Å². The van der Waals surface area contributed by atoms with Gasteiger partial charge in [0, 0.05) is 45.8 Å². The van der Waals surface area contributed by atoms with Crippen molar-refractivity contribution >= 4 is 5.91 Å². The van der Waals surface area contributed by atoms with Crippen LogP contribution in [0.15, 0.2) is 0 Å². The van der Waals surface area contributed by atoms with E-state index in [1.54, 1.807) is 7.11 Å². The Hall–Kier alpha value is -0.650. The average Bonchev–Trinajstić information content (AvgIpc) is 2.38. The lowest BCUT2D eigenvalue weighted by Crippen LogP contribution is -2.46. The molecule has 0 heterocycles. The zero-order valence-electron chi connectivity index (χ0n) is 12.9. The van der Waals surface area contributed by atoms with E-state index in [1.165, 1.54) is 0 Å². The van der Waals surface area contributed by atoms with Gasteiger partial charge >= 0.3 is 0 Å². The van der Waals surface area contributed by atoms with Crippen LogP contribution in [0, 0.1) is 5.92 Å². The van der Waals surface area contributed by atoms with Gasteiger partial charge in [-0.3, -0.25) is 9.69 Å². The number of carbonyl (C=O) groups excluding carboxylic acids is 1. The van der Waals surface area contributed by atoms with Crippen LogP contribution >= 0.6 is 0 Å². The predicted octanol–water partition coefficient (Wildman–Crippen LogP) is 0.834. The number of methoxy groups -OCH3 is 1. The number of rotatable bonds is 11. The van der Waals surface area contributed by atoms with Gasteiger partial charge in [-0.2, -0.15) is 0 Å². The average molecular weight is 273 g/mol. The quantitative estimate of drug-likeness (QED) is 0.585.